The standard InChI is InChI=1S/C24H25ClN2O4S/c1-16-10-11-18(14-31-27-23(28)17-6-2-3-7-17)21(24(15-26)12-13-24)22(16)32(29,30)20-9-5-4-8-19(20)25/h4-5,8-11,17H,2-3,6-7,12-14H2,1H3,(H,27,28). The van der Waals surface area contributed by atoms with Crippen molar-refractivity contribution in [1.82, 2.24) is 5.48 Å². The van der Waals surface area contributed by atoms with Crippen molar-refractivity contribution in [1.29, 1.82) is 5.26 Å². The summed E-state index contributed by atoms with van der Waals surface area (Å²) in [5.41, 5.74) is 3.20. The Morgan fingerprint density at radius 2 is 1.91 bits per heavy atom. The normalized spacial score (nSPS) is 17.7. The Kier molecular flexibility index (Phi) is 6.30. The number of hydrogen-bond acceptors (Lipinski definition) is 5. The Morgan fingerprint density at radius 3 is 2.53 bits per heavy atom. The lowest BCUT2D eigenvalue weighted by Gasteiger charge is -2.21. The lowest BCUT2D eigenvalue weighted by atomic mass is 9.91. The number of sulfone groups is 1. The first-order valence-electron chi connectivity index (χ1n) is 10.8. The summed E-state index contributed by atoms with van der Waals surface area (Å²) in [4.78, 5) is 17.9. The van der Waals surface area contributed by atoms with Gasteiger partial charge in [0, 0.05) is 5.92 Å². The molecule has 6 nitrogen and oxygen atoms in total. The van der Waals surface area contributed by atoms with Crippen molar-refractivity contribution in [2.24, 2.45) is 5.92 Å². The fourth-order valence-electron chi connectivity index (χ4n) is 4.49. The summed E-state index contributed by atoms with van der Waals surface area (Å²) in [7, 11) is -3.99. The number of aryl methyl sites for hydroxylation is 1. The highest BCUT2D eigenvalue weighted by Gasteiger charge is 2.50. The molecule has 2 aliphatic rings. The second-order valence-electron chi connectivity index (χ2n) is 8.61. The third kappa shape index (κ3) is 4.15. The van der Waals surface area contributed by atoms with E-state index in [2.05, 4.69) is 11.5 Å². The van der Waals surface area contributed by atoms with Gasteiger partial charge in [-0.2, -0.15) is 5.26 Å². The van der Waals surface area contributed by atoms with Crippen LogP contribution in [0.15, 0.2) is 46.2 Å². The van der Waals surface area contributed by atoms with Gasteiger partial charge in [-0.05, 0) is 61.4 Å². The van der Waals surface area contributed by atoms with Crippen LogP contribution in [-0.4, -0.2) is 14.3 Å². The zero-order valence-electron chi connectivity index (χ0n) is 17.9. The van der Waals surface area contributed by atoms with E-state index < -0.39 is 15.3 Å². The molecule has 0 aromatic heterocycles. The smallest absolute Gasteiger partial charge is 0.246 e. The molecule has 1 N–H and O–H groups in total. The molecule has 0 spiro atoms. The van der Waals surface area contributed by atoms with E-state index in [0.29, 0.717) is 29.5 Å². The first kappa shape index (κ1) is 22.8. The Balaban J connectivity index is 1.72. The van der Waals surface area contributed by atoms with E-state index in [4.69, 9.17) is 16.4 Å². The molecule has 4 rings (SSSR count). The fraction of sp³-hybridized carbons (Fsp3) is 0.417. The molecule has 8 heteroatoms. The predicted molar refractivity (Wildman–Crippen MR) is 119 cm³/mol. The van der Waals surface area contributed by atoms with E-state index in [1.807, 2.05) is 0 Å². The maximum Gasteiger partial charge on any atom is 0.246 e. The van der Waals surface area contributed by atoms with Crippen LogP contribution in [0.5, 0.6) is 0 Å². The average Bonchev–Trinajstić information content (AvgIpc) is 3.37. The second-order valence-corrected chi connectivity index (χ2v) is 10.9. The number of halogens is 1. The highest BCUT2D eigenvalue weighted by atomic mass is 35.5. The number of rotatable bonds is 7. The van der Waals surface area contributed by atoms with Gasteiger partial charge in [0.05, 0.1) is 26.3 Å². The minimum Gasteiger partial charge on any atom is -0.273 e. The number of carbonyl (C=O) groups is 1. The van der Waals surface area contributed by atoms with E-state index in [-0.39, 0.29) is 33.2 Å². The Morgan fingerprint density at radius 1 is 1.22 bits per heavy atom. The van der Waals surface area contributed by atoms with Crippen LogP contribution in [0.1, 0.15) is 55.2 Å². The molecular weight excluding hydrogens is 448 g/mol. The van der Waals surface area contributed by atoms with Gasteiger partial charge in [-0.15, -0.1) is 0 Å². The predicted octanol–water partition coefficient (Wildman–Crippen LogP) is 4.77. The number of amides is 1. The number of hydrogen-bond donors (Lipinski definition) is 1. The Hall–Kier alpha value is -2.40. The molecule has 0 unspecified atom stereocenters. The molecular formula is C24H25ClN2O4S. The van der Waals surface area contributed by atoms with Gasteiger partial charge in [-0.1, -0.05) is 48.7 Å². The molecule has 2 saturated carbocycles. The molecule has 168 valence electrons. The summed E-state index contributed by atoms with van der Waals surface area (Å²) < 4.78 is 27.4. The number of nitrogens with zero attached hydrogens (tertiary/aromatic N) is 1. The van der Waals surface area contributed by atoms with Gasteiger partial charge in [0.15, 0.2) is 0 Å². The molecule has 0 bridgehead atoms. The molecule has 32 heavy (non-hydrogen) atoms. The van der Waals surface area contributed by atoms with Crippen LogP contribution >= 0.6 is 11.6 Å². The fourth-order valence-corrected chi connectivity index (χ4v) is 6.82. The zero-order chi connectivity index (χ0) is 22.9. The Labute approximate surface area is 193 Å². The van der Waals surface area contributed by atoms with Crippen LogP contribution in [0.3, 0.4) is 0 Å². The molecule has 2 aromatic carbocycles. The van der Waals surface area contributed by atoms with Crippen LogP contribution in [0.2, 0.25) is 5.02 Å². The number of carbonyl (C=O) groups excluding carboxylic acids is 1. The first-order valence-corrected chi connectivity index (χ1v) is 12.6. The lowest BCUT2D eigenvalue weighted by Crippen LogP contribution is -2.29. The van der Waals surface area contributed by atoms with Crippen molar-refractivity contribution in [2.75, 3.05) is 0 Å². The molecule has 2 aromatic rings. The molecule has 2 fully saturated rings. The van der Waals surface area contributed by atoms with Crippen LogP contribution < -0.4 is 5.48 Å². The largest absolute Gasteiger partial charge is 0.273 e. The Bertz CT molecular complexity index is 1190. The number of nitriles is 1. The number of nitrogens with one attached hydrogen (secondary N) is 1. The quantitative estimate of drug-likeness (QED) is 0.585. The van der Waals surface area contributed by atoms with E-state index >= 15 is 0 Å². The topological polar surface area (TPSA) is 96.3 Å². The number of benzene rings is 2. The van der Waals surface area contributed by atoms with Crippen molar-refractivity contribution >= 4 is 27.3 Å². The van der Waals surface area contributed by atoms with E-state index in [1.54, 1.807) is 31.2 Å². The highest BCUT2D eigenvalue weighted by Crippen LogP contribution is 2.52. The second kappa shape index (κ2) is 8.86. The molecule has 2 aliphatic carbocycles. The van der Waals surface area contributed by atoms with Gasteiger partial charge < -0.3 is 0 Å². The minimum absolute atomic E-state index is 0.00682. The van der Waals surface area contributed by atoms with Crippen LogP contribution in [0.4, 0.5) is 0 Å². The van der Waals surface area contributed by atoms with Gasteiger partial charge in [-0.25, -0.2) is 13.9 Å². The van der Waals surface area contributed by atoms with Gasteiger partial charge in [-0.3, -0.25) is 9.63 Å². The van der Waals surface area contributed by atoms with Gasteiger partial charge in [0.25, 0.3) is 0 Å². The van der Waals surface area contributed by atoms with E-state index in [9.17, 15) is 18.5 Å². The monoisotopic (exact) mass is 472 g/mol. The summed E-state index contributed by atoms with van der Waals surface area (Å²) in [6.45, 7) is 1.69. The molecule has 0 saturated heterocycles. The van der Waals surface area contributed by atoms with Crippen LogP contribution in [0.25, 0.3) is 0 Å². The lowest BCUT2D eigenvalue weighted by molar-refractivity contribution is -0.138. The number of hydroxylamine groups is 1. The van der Waals surface area contributed by atoms with Gasteiger partial charge >= 0.3 is 0 Å². The maximum absolute atomic E-state index is 13.7. The molecule has 0 radical (unpaired) electrons. The highest BCUT2D eigenvalue weighted by molar-refractivity contribution is 7.91. The van der Waals surface area contributed by atoms with Crippen molar-refractivity contribution in [3.8, 4) is 6.07 Å². The maximum atomic E-state index is 13.7. The summed E-state index contributed by atoms with van der Waals surface area (Å²) in [6.07, 6.45) is 4.91. The third-order valence-corrected chi connectivity index (χ3v) is 8.84. The molecule has 0 atom stereocenters. The van der Waals surface area contributed by atoms with E-state index in [1.165, 1.54) is 12.1 Å². The van der Waals surface area contributed by atoms with Gasteiger partial charge in [0.2, 0.25) is 15.7 Å². The third-order valence-electron chi connectivity index (χ3n) is 6.40. The summed E-state index contributed by atoms with van der Waals surface area (Å²) in [5, 5.41) is 10.0. The molecule has 0 aliphatic heterocycles. The SMILES string of the molecule is Cc1ccc(CONC(=O)C2CCCC2)c(C2(C#N)CC2)c1S(=O)(=O)c1ccccc1Cl. The summed E-state index contributed by atoms with van der Waals surface area (Å²) in [6, 6.07) is 12.1. The van der Waals surface area contributed by atoms with Gasteiger partial charge in [0.1, 0.15) is 6.61 Å². The van der Waals surface area contributed by atoms with Crippen molar-refractivity contribution in [3.63, 3.8) is 0 Å². The molecule has 1 amide bonds. The summed E-state index contributed by atoms with van der Waals surface area (Å²) in [5.74, 6) is -0.195. The summed E-state index contributed by atoms with van der Waals surface area (Å²) >= 11 is 6.23. The molecule has 0 heterocycles. The first-order chi connectivity index (χ1) is 15.3. The zero-order valence-corrected chi connectivity index (χ0v) is 19.4. The van der Waals surface area contributed by atoms with Crippen molar-refractivity contribution in [2.45, 2.75) is 67.3 Å². The van der Waals surface area contributed by atoms with E-state index in [0.717, 1.165) is 25.7 Å². The van der Waals surface area contributed by atoms with Crippen LogP contribution in [0, 0.1) is 24.2 Å². The average molecular weight is 473 g/mol. The van der Waals surface area contributed by atoms with Crippen molar-refractivity contribution < 1.29 is 18.0 Å². The van der Waals surface area contributed by atoms with Crippen molar-refractivity contribution in [3.05, 3.63) is 58.1 Å². The minimum atomic E-state index is -3.99. The van der Waals surface area contributed by atoms with Crippen LogP contribution in [-0.2, 0) is 31.5 Å².